The van der Waals surface area contributed by atoms with Gasteiger partial charge in [-0.15, -0.1) is 17.7 Å². The first-order chi connectivity index (χ1) is 29.3. The molecule has 11 aromatic rings. The molecule has 0 spiro atoms. The summed E-state index contributed by atoms with van der Waals surface area (Å²) in [5.74, 6) is 6.96. The summed E-state index contributed by atoms with van der Waals surface area (Å²) in [6.45, 7) is 6.06. The monoisotopic (exact) mass is 1060 g/mol. The zero-order valence-corrected chi connectivity index (χ0v) is 40.0. The molecule has 8 heteroatoms. The number of aryl methyl sites for hydroxylation is 1. The Morgan fingerprint density at radius 3 is 2.34 bits per heavy atom. The third-order valence-corrected chi connectivity index (χ3v) is 16.7. The fraction of sp³-hybridized carbons (Fsp3) is 0.132. The van der Waals surface area contributed by atoms with Crippen LogP contribution >= 0.6 is 11.3 Å². The molecule has 0 fully saturated rings. The number of imidazole rings is 1. The van der Waals surface area contributed by atoms with Crippen LogP contribution in [0.3, 0.4) is 0 Å². The molecule has 11 rings (SSSR count). The van der Waals surface area contributed by atoms with Gasteiger partial charge in [-0.25, -0.2) is 4.39 Å². The summed E-state index contributed by atoms with van der Waals surface area (Å²) in [7, 11) is 0. The van der Waals surface area contributed by atoms with Crippen LogP contribution in [0.1, 0.15) is 32.2 Å². The first-order valence-electron chi connectivity index (χ1n) is 20.7. The number of aromatic nitrogens is 3. The molecule has 4 aromatic heterocycles. The number of furan rings is 1. The van der Waals surface area contributed by atoms with E-state index in [0.717, 1.165) is 71.2 Å². The molecule has 4 heterocycles. The zero-order chi connectivity index (χ0) is 42.2. The quantitative estimate of drug-likeness (QED) is 0.127. The van der Waals surface area contributed by atoms with Gasteiger partial charge in [0.15, 0.2) is 5.58 Å². The van der Waals surface area contributed by atoms with Crippen molar-refractivity contribution in [2.45, 2.75) is 43.9 Å². The summed E-state index contributed by atoms with van der Waals surface area (Å²) in [4.78, 5) is 9.89. The van der Waals surface area contributed by atoms with Crippen molar-refractivity contribution in [3.05, 3.63) is 169 Å². The van der Waals surface area contributed by atoms with E-state index < -0.39 is 19.2 Å². The first kappa shape index (κ1) is 39.7. The van der Waals surface area contributed by atoms with Crippen molar-refractivity contribution < 1.29 is 30.3 Å². The maximum Gasteiger partial charge on any atom is 0 e. The molecule has 0 unspecified atom stereocenters. The minimum absolute atomic E-state index is 0. The number of nitrogens with zero attached hydrogens (tertiary/aromatic N) is 3. The summed E-state index contributed by atoms with van der Waals surface area (Å²) in [5, 5.41) is 6.37. The Morgan fingerprint density at radius 1 is 0.820 bits per heavy atom. The molecule has 7 aromatic carbocycles. The molecule has 0 aliphatic rings. The van der Waals surface area contributed by atoms with Crippen molar-refractivity contribution in [3.8, 4) is 28.3 Å². The molecular formula is C53H42FGeIrN3OS-2. The fourth-order valence-electron chi connectivity index (χ4n) is 8.37. The Balaban J connectivity index is 0.000000198. The summed E-state index contributed by atoms with van der Waals surface area (Å²) in [6.07, 6.45) is 2.00. The van der Waals surface area contributed by atoms with E-state index in [-0.39, 0.29) is 25.9 Å². The largest absolute Gasteiger partial charge is 0 e. The molecule has 61 heavy (non-hydrogen) atoms. The van der Waals surface area contributed by atoms with Crippen LogP contribution < -0.4 is 4.40 Å². The molecule has 0 aliphatic carbocycles. The zero-order valence-electron chi connectivity index (χ0n) is 35.6. The van der Waals surface area contributed by atoms with Gasteiger partial charge >= 0.3 is 120 Å². The average molecular weight is 1050 g/mol. The van der Waals surface area contributed by atoms with Crippen LogP contribution in [0.2, 0.25) is 17.3 Å². The molecule has 0 aliphatic heterocycles. The van der Waals surface area contributed by atoms with Crippen LogP contribution in [0.15, 0.2) is 144 Å². The molecule has 1 radical (unpaired) electrons. The first-order valence-corrected chi connectivity index (χ1v) is 28.3. The third-order valence-electron chi connectivity index (χ3n) is 11.3. The Bertz CT molecular complexity index is 3490. The molecule has 303 valence electrons. The molecule has 0 bridgehead atoms. The Morgan fingerprint density at radius 2 is 1.57 bits per heavy atom. The van der Waals surface area contributed by atoms with Crippen LogP contribution in [0.5, 0.6) is 0 Å². The summed E-state index contributed by atoms with van der Waals surface area (Å²) >= 11 is -0.252. The van der Waals surface area contributed by atoms with E-state index in [2.05, 4.69) is 125 Å². The standard InChI is InChI=1S/C36H20FN2OS.C17H22GeN.Ir/c1-20-13-15-26(35-33(20)25-9-4-5-12-32(25)41-35)36-38-28-17-21-7-2-3-8-22(21)18-30(28)39(36)29-11-6-10-24-27-19-23(37)14-16-31(27)40-34(24)29;1-13(2)15-11-17(14-9-7-6-8-10-14)19-12-16(15)18(3,4)5;/h2-14,16-19H,1H3;6-9,11-13H,1-5H3;/q2*-1;/i;13D;. The average Bonchev–Trinajstić information content (AvgIpc) is 3.94. The second-order valence-electron chi connectivity index (χ2n) is 16.6. The number of thiophene rings is 1. The SMILES string of the molecule is Cc1c[c-]c(-c2nc3cc4ccccc4cc3n2-c2cccc3c2oc2ccc(F)cc23)c2sc3ccccc3c12.[2H]C(C)(C)c1cc(-c2[c-]cccc2)nc[c]1[Ge]([CH3])([CH3])[CH3].[Ir]. The van der Waals surface area contributed by atoms with Crippen molar-refractivity contribution in [1.82, 2.24) is 14.5 Å². The summed E-state index contributed by atoms with van der Waals surface area (Å²) < 4.78 is 35.0. The number of para-hydroxylation sites is 1. The molecule has 4 nitrogen and oxygen atoms in total. The summed E-state index contributed by atoms with van der Waals surface area (Å²) in [5.41, 5.74) is 9.23. The number of fused-ring (bicyclic) bond motifs is 8. The second-order valence-corrected chi connectivity index (χ2v) is 28.3. The van der Waals surface area contributed by atoms with Gasteiger partial charge in [-0.3, -0.25) is 4.98 Å². The molecule has 0 atom stereocenters. The van der Waals surface area contributed by atoms with E-state index in [4.69, 9.17) is 10.8 Å². The fourth-order valence-corrected chi connectivity index (χ4v) is 13.0. The van der Waals surface area contributed by atoms with Crippen LogP contribution in [0, 0.1) is 24.9 Å². The third kappa shape index (κ3) is 7.31. The van der Waals surface area contributed by atoms with E-state index in [1.807, 2.05) is 56.4 Å². The van der Waals surface area contributed by atoms with E-state index in [1.54, 1.807) is 23.5 Å². The predicted molar refractivity (Wildman–Crippen MR) is 253 cm³/mol. The molecule has 0 saturated carbocycles. The molecule has 0 amide bonds. The van der Waals surface area contributed by atoms with Crippen molar-refractivity contribution in [2.75, 3.05) is 0 Å². The van der Waals surface area contributed by atoms with E-state index >= 15 is 0 Å². The topological polar surface area (TPSA) is 43.9 Å². The number of hydrogen-bond acceptors (Lipinski definition) is 4. The van der Waals surface area contributed by atoms with Gasteiger partial charge in [0, 0.05) is 35.6 Å². The van der Waals surface area contributed by atoms with Crippen LogP contribution in [0.4, 0.5) is 4.39 Å². The van der Waals surface area contributed by atoms with E-state index in [9.17, 15) is 4.39 Å². The molecule has 0 saturated heterocycles. The number of benzene rings is 7. The number of hydrogen-bond donors (Lipinski definition) is 0. The number of rotatable bonds is 5. The Labute approximate surface area is 376 Å². The van der Waals surface area contributed by atoms with Gasteiger partial charge in [0.2, 0.25) is 0 Å². The second kappa shape index (κ2) is 16.1. The smallest absolute Gasteiger partial charge is 0 e. The van der Waals surface area contributed by atoms with Gasteiger partial charge in [0.25, 0.3) is 0 Å². The summed E-state index contributed by atoms with van der Waals surface area (Å²) in [6, 6.07) is 50.8. The van der Waals surface area contributed by atoms with Gasteiger partial charge in [0.05, 0.1) is 22.5 Å². The van der Waals surface area contributed by atoms with Gasteiger partial charge in [-0.1, -0.05) is 72.5 Å². The van der Waals surface area contributed by atoms with Gasteiger partial charge in [0.1, 0.15) is 11.4 Å². The maximum absolute atomic E-state index is 14.3. The normalized spacial score (nSPS) is 12.3. The van der Waals surface area contributed by atoms with Gasteiger partial charge < -0.3 is 8.98 Å². The van der Waals surface area contributed by atoms with Crippen molar-refractivity contribution in [3.63, 3.8) is 0 Å². The Kier molecular flexibility index (Phi) is 10.5. The molecule has 0 N–H and O–H groups in total. The van der Waals surface area contributed by atoms with Crippen molar-refractivity contribution in [1.29, 1.82) is 0 Å². The number of halogens is 1. The minimum Gasteiger partial charge on any atom is 0 e. The Hall–Kier alpha value is -5.44. The van der Waals surface area contributed by atoms with Crippen molar-refractivity contribution >= 4 is 92.9 Å². The van der Waals surface area contributed by atoms with E-state index in [0.29, 0.717) is 11.2 Å². The maximum atomic E-state index is 14.3. The van der Waals surface area contributed by atoms with Crippen molar-refractivity contribution in [2.24, 2.45) is 0 Å². The van der Waals surface area contributed by atoms with Crippen LogP contribution in [0.25, 0.3) is 92.2 Å². The number of pyridine rings is 1. The minimum atomic E-state index is -2.03. The van der Waals surface area contributed by atoms with Crippen LogP contribution in [-0.2, 0) is 20.1 Å². The molecular weight excluding hydrogens is 1010 g/mol. The van der Waals surface area contributed by atoms with E-state index in [1.165, 1.54) is 31.5 Å². The van der Waals surface area contributed by atoms with Gasteiger partial charge in [-0.2, -0.15) is 11.3 Å². The van der Waals surface area contributed by atoms with Gasteiger partial charge in [-0.05, 0) is 63.3 Å². The van der Waals surface area contributed by atoms with Crippen LogP contribution in [-0.4, -0.2) is 27.8 Å². The predicted octanol–water partition coefficient (Wildman–Crippen LogP) is 14.6.